The van der Waals surface area contributed by atoms with Gasteiger partial charge in [0.15, 0.2) is 0 Å². The molecule has 20 heavy (non-hydrogen) atoms. The van der Waals surface area contributed by atoms with Crippen LogP contribution in [0.3, 0.4) is 0 Å². The molecule has 1 fully saturated rings. The third kappa shape index (κ3) is 5.06. The molecule has 4 heteroatoms. The Kier molecular flexibility index (Phi) is 7.52. The first-order valence-electron chi connectivity index (χ1n) is 8.07. The third-order valence-corrected chi connectivity index (χ3v) is 4.79. The van der Waals surface area contributed by atoms with E-state index in [1.54, 1.807) is 14.0 Å². The number of carbonyl (C=O) groups is 1. The van der Waals surface area contributed by atoms with E-state index in [0.29, 0.717) is 12.5 Å². The van der Waals surface area contributed by atoms with Gasteiger partial charge >= 0.3 is 5.97 Å². The van der Waals surface area contributed by atoms with E-state index in [0.717, 1.165) is 25.4 Å². The molecule has 118 valence electrons. The largest absolute Gasteiger partial charge is 0.480 e. The second-order valence-electron chi connectivity index (χ2n) is 6.21. The highest BCUT2D eigenvalue weighted by Gasteiger charge is 2.30. The summed E-state index contributed by atoms with van der Waals surface area (Å²) in [6, 6.07) is 0. The van der Waals surface area contributed by atoms with E-state index in [9.17, 15) is 4.79 Å². The lowest BCUT2D eigenvalue weighted by Gasteiger charge is -2.31. The fourth-order valence-corrected chi connectivity index (χ4v) is 3.01. The predicted octanol–water partition coefficient (Wildman–Crippen LogP) is 3.20. The standard InChI is InChI=1S/C16H31NO3/c1-4-13-9-5-6-10-14(13)20-12-8-7-11-16(2,17-3)15(18)19/h13-14,17H,4-12H2,1-3H3,(H,18,19). The van der Waals surface area contributed by atoms with Crippen molar-refractivity contribution in [3.8, 4) is 0 Å². The number of rotatable bonds is 9. The van der Waals surface area contributed by atoms with Gasteiger partial charge in [0.1, 0.15) is 5.54 Å². The van der Waals surface area contributed by atoms with Crippen molar-refractivity contribution in [2.75, 3.05) is 13.7 Å². The zero-order valence-electron chi connectivity index (χ0n) is 13.3. The second kappa shape index (κ2) is 8.63. The van der Waals surface area contributed by atoms with Crippen LogP contribution in [0.25, 0.3) is 0 Å². The van der Waals surface area contributed by atoms with Crippen LogP contribution in [-0.2, 0) is 9.53 Å². The molecule has 2 N–H and O–H groups in total. The molecule has 0 aromatic rings. The fourth-order valence-electron chi connectivity index (χ4n) is 3.01. The monoisotopic (exact) mass is 285 g/mol. The number of ether oxygens (including phenoxy) is 1. The Hall–Kier alpha value is -0.610. The number of unbranched alkanes of at least 4 members (excludes halogenated alkanes) is 1. The first kappa shape index (κ1) is 17.4. The Balaban J connectivity index is 2.19. The van der Waals surface area contributed by atoms with E-state index < -0.39 is 11.5 Å². The zero-order valence-corrected chi connectivity index (χ0v) is 13.3. The zero-order chi connectivity index (χ0) is 15.0. The summed E-state index contributed by atoms with van der Waals surface area (Å²) in [6.07, 6.45) is 9.25. The highest BCUT2D eigenvalue weighted by atomic mass is 16.5. The topological polar surface area (TPSA) is 58.6 Å². The number of aliphatic carboxylic acids is 1. The normalized spacial score (nSPS) is 26.1. The Bertz CT molecular complexity index is 295. The number of hydrogen-bond acceptors (Lipinski definition) is 3. The number of carboxylic acids is 1. The quantitative estimate of drug-likeness (QED) is 0.639. The Morgan fingerprint density at radius 2 is 2.05 bits per heavy atom. The van der Waals surface area contributed by atoms with Crippen molar-refractivity contribution >= 4 is 5.97 Å². The van der Waals surface area contributed by atoms with Crippen molar-refractivity contribution in [3.63, 3.8) is 0 Å². The average Bonchev–Trinajstić information content (AvgIpc) is 2.46. The molecule has 3 unspecified atom stereocenters. The summed E-state index contributed by atoms with van der Waals surface area (Å²) >= 11 is 0. The minimum Gasteiger partial charge on any atom is -0.480 e. The molecule has 1 aliphatic carbocycles. The Labute approximate surface area is 123 Å². The molecule has 0 bridgehead atoms. The minimum absolute atomic E-state index is 0.434. The van der Waals surface area contributed by atoms with Crippen molar-refractivity contribution in [1.29, 1.82) is 0 Å². The highest BCUT2D eigenvalue weighted by molar-refractivity contribution is 5.78. The third-order valence-electron chi connectivity index (χ3n) is 4.79. The number of likely N-dealkylation sites (N-methyl/N-ethyl adjacent to an activating group) is 1. The van der Waals surface area contributed by atoms with Crippen LogP contribution in [0.2, 0.25) is 0 Å². The van der Waals surface area contributed by atoms with Gasteiger partial charge in [-0.3, -0.25) is 4.79 Å². The maximum atomic E-state index is 11.2. The van der Waals surface area contributed by atoms with Crippen molar-refractivity contribution in [1.82, 2.24) is 5.32 Å². The Morgan fingerprint density at radius 1 is 1.35 bits per heavy atom. The molecule has 0 aliphatic heterocycles. The van der Waals surface area contributed by atoms with E-state index in [2.05, 4.69) is 12.2 Å². The van der Waals surface area contributed by atoms with Crippen molar-refractivity contribution < 1.29 is 14.6 Å². The van der Waals surface area contributed by atoms with Crippen LogP contribution in [0.15, 0.2) is 0 Å². The number of hydrogen-bond donors (Lipinski definition) is 2. The van der Waals surface area contributed by atoms with Gasteiger partial charge in [0.2, 0.25) is 0 Å². The van der Waals surface area contributed by atoms with E-state index in [-0.39, 0.29) is 0 Å². The molecule has 0 amide bonds. The van der Waals surface area contributed by atoms with Gasteiger partial charge in [0, 0.05) is 6.61 Å². The summed E-state index contributed by atoms with van der Waals surface area (Å²) in [5.41, 5.74) is -0.809. The van der Waals surface area contributed by atoms with Gasteiger partial charge in [-0.05, 0) is 52.0 Å². The molecule has 1 rings (SSSR count). The van der Waals surface area contributed by atoms with Crippen molar-refractivity contribution in [2.24, 2.45) is 5.92 Å². The molecule has 0 heterocycles. The van der Waals surface area contributed by atoms with Crippen LogP contribution in [0.4, 0.5) is 0 Å². The van der Waals surface area contributed by atoms with Crippen LogP contribution in [0.1, 0.15) is 65.2 Å². The SMILES string of the molecule is CCC1CCCCC1OCCCCC(C)(NC)C(=O)O. The molecule has 1 saturated carbocycles. The minimum atomic E-state index is -0.809. The molecule has 0 aromatic carbocycles. The predicted molar refractivity (Wildman–Crippen MR) is 80.9 cm³/mol. The first-order chi connectivity index (χ1) is 9.53. The molecular weight excluding hydrogens is 254 g/mol. The molecule has 0 saturated heterocycles. The molecule has 0 radical (unpaired) electrons. The first-order valence-corrected chi connectivity index (χ1v) is 8.07. The van der Waals surface area contributed by atoms with Crippen LogP contribution < -0.4 is 5.32 Å². The summed E-state index contributed by atoms with van der Waals surface area (Å²) in [7, 11) is 1.71. The second-order valence-corrected chi connectivity index (χ2v) is 6.21. The average molecular weight is 285 g/mol. The van der Waals surface area contributed by atoms with Crippen molar-refractivity contribution in [2.45, 2.75) is 76.9 Å². The summed E-state index contributed by atoms with van der Waals surface area (Å²) in [5.74, 6) is -0.0513. The summed E-state index contributed by atoms with van der Waals surface area (Å²) in [5, 5.41) is 12.1. The smallest absolute Gasteiger partial charge is 0.323 e. The van der Waals surface area contributed by atoms with Crippen LogP contribution in [0.5, 0.6) is 0 Å². The molecule has 1 aliphatic rings. The van der Waals surface area contributed by atoms with Gasteiger partial charge in [0.25, 0.3) is 0 Å². The van der Waals surface area contributed by atoms with E-state index in [1.165, 1.54) is 32.1 Å². The van der Waals surface area contributed by atoms with Gasteiger partial charge in [-0.2, -0.15) is 0 Å². The Morgan fingerprint density at radius 3 is 2.65 bits per heavy atom. The van der Waals surface area contributed by atoms with E-state index >= 15 is 0 Å². The maximum Gasteiger partial charge on any atom is 0.323 e. The maximum absolute atomic E-state index is 11.2. The van der Waals surface area contributed by atoms with Crippen LogP contribution in [0, 0.1) is 5.92 Å². The number of nitrogens with one attached hydrogen (secondary N) is 1. The molecule has 3 atom stereocenters. The van der Waals surface area contributed by atoms with Gasteiger partial charge in [-0.25, -0.2) is 0 Å². The lowest BCUT2D eigenvalue weighted by atomic mass is 9.85. The molecule has 4 nitrogen and oxygen atoms in total. The van der Waals surface area contributed by atoms with E-state index in [1.807, 2.05) is 0 Å². The summed E-state index contributed by atoms with van der Waals surface area (Å²) in [6.45, 7) is 4.75. The highest BCUT2D eigenvalue weighted by Crippen LogP contribution is 2.29. The summed E-state index contributed by atoms with van der Waals surface area (Å²) < 4.78 is 6.03. The van der Waals surface area contributed by atoms with E-state index in [4.69, 9.17) is 9.84 Å². The lowest BCUT2D eigenvalue weighted by molar-refractivity contribution is -0.144. The van der Waals surface area contributed by atoms with Gasteiger partial charge in [0.05, 0.1) is 6.10 Å². The molecule has 0 aromatic heterocycles. The molecule has 0 spiro atoms. The fraction of sp³-hybridized carbons (Fsp3) is 0.938. The van der Waals surface area contributed by atoms with Crippen LogP contribution >= 0.6 is 0 Å². The van der Waals surface area contributed by atoms with Crippen LogP contribution in [-0.4, -0.2) is 36.4 Å². The lowest BCUT2D eigenvalue weighted by Crippen LogP contribution is -2.47. The van der Waals surface area contributed by atoms with Crippen molar-refractivity contribution in [3.05, 3.63) is 0 Å². The summed E-state index contributed by atoms with van der Waals surface area (Å²) in [4.78, 5) is 11.2. The van der Waals surface area contributed by atoms with Gasteiger partial charge in [-0.1, -0.05) is 26.2 Å². The van der Waals surface area contributed by atoms with Gasteiger partial charge < -0.3 is 15.2 Å². The number of carboxylic acid groups (broad SMARTS) is 1. The van der Waals surface area contributed by atoms with Gasteiger partial charge in [-0.15, -0.1) is 0 Å². The molecular formula is C16H31NO3.